The maximum Gasteiger partial charge on any atom is 0.261 e. The van der Waals surface area contributed by atoms with Crippen LogP contribution in [0.1, 0.15) is 22.3 Å². The minimum absolute atomic E-state index is 0.102. The van der Waals surface area contributed by atoms with Gasteiger partial charge in [-0.1, -0.05) is 30.3 Å². The van der Waals surface area contributed by atoms with Gasteiger partial charge < -0.3 is 4.90 Å². The molecule has 1 amide bonds. The lowest BCUT2D eigenvalue weighted by Gasteiger charge is -2.23. The number of para-hydroxylation sites is 1. The van der Waals surface area contributed by atoms with Crippen molar-refractivity contribution in [3.05, 3.63) is 95.6 Å². The number of carbonyl (C=O) groups excluding carboxylic acids is 1. The Balaban J connectivity index is 1.47. The first kappa shape index (κ1) is 23.8. The van der Waals surface area contributed by atoms with Crippen molar-refractivity contribution in [3.63, 3.8) is 0 Å². The molecule has 3 aromatic carbocycles. The minimum Gasteiger partial charge on any atom is -0.337 e. The molecule has 1 fully saturated rings. The van der Waals surface area contributed by atoms with E-state index in [2.05, 4.69) is 9.62 Å². The molecule has 4 rings (SSSR count). The van der Waals surface area contributed by atoms with Gasteiger partial charge in [-0.15, -0.1) is 0 Å². The molecule has 6 nitrogen and oxygen atoms in total. The summed E-state index contributed by atoms with van der Waals surface area (Å²) < 4.78 is 55.2. The second-order valence-electron chi connectivity index (χ2n) is 8.12. The van der Waals surface area contributed by atoms with E-state index < -0.39 is 15.8 Å². The zero-order chi connectivity index (χ0) is 24.1. The smallest absolute Gasteiger partial charge is 0.261 e. The van der Waals surface area contributed by atoms with E-state index in [9.17, 15) is 22.0 Å². The van der Waals surface area contributed by atoms with Crippen molar-refractivity contribution >= 4 is 21.6 Å². The molecular weight excluding hydrogens is 460 g/mol. The summed E-state index contributed by atoms with van der Waals surface area (Å²) >= 11 is 0. The molecule has 0 saturated carbocycles. The molecule has 1 aliphatic rings. The number of rotatable bonds is 6. The number of nitrogens with zero attached hydrogens (tertiary/aromatic N) is 2. The lowest BCUT2D eigenvalue weighted by molar-refractivity contribution is 0.0762. The average molecular weight is 486 g/mol. The average Bonchev–Trinajstić information content (AvgIpc) is 3.06. The van der Waals surface area contributed by atoms with E-state index in [-0.39, 0.29) is 27.9 Å². The molecule has 178 valence electrons. The standard InChI is InChI=1S/C25H25F2N3O3S/c26-20-10-12-21(13-11-20)34(32,33)28-24-9-4-2-7-22(24)25(31)30-15-5-14-29(16-17-30)18-19-6-1-3-8-23(19)27/h1-4,6-13,28H,5,14-18H2. The largest absolute Gasteiger partial charge is 0.337 e. The Morgan fingerprint density at radius 2 is 1.56 bits per heavy atom. The first-order valence-corrected chi connectivity index (χ1v) is 12.4. The fourth-order valence-electron chi connectivity index (χ4n) is 3.95. The van der Waals surface area contributed by atoms with Gasteiger partial charge >= 0.3 is 0 Å². The second kappa shape index (κ2) is 10.3. The summed E-state index contributed by atoms with van der Waals surface area (Å²) in [6, 6.07) is 17.5. The number of sulfonamides is 1. The van der Waals surface area contributed by atoms with Gasteiger partial charge in [-0.05, 0) is 48.9 Å². The molecule has 34 heavy (non-hydrogen) atoms. The summed E-state index contributed by atoms with van der Waals surface area (Å²) in [4.78, 5) is 17.0. The van der Waals surface area contributed by atoms with Crippen molar-refractivity contribution in [2.45, 2.75) is 17.9 Å². The quantitative estimate of drug-likeness (QED) is 0.571. The predicted molar refractivity (Wildman–Crippen MR) is 126 cm³/mol. The van der Waals surface area contributed by atoms with Crippen LogP contribution in [0.2, 0.25) is 0 Å². The molecular formula is C25H25F2N3O3S. The third-order valence-corrected chi connectivity index (χ3v) is 7.13. The van der Waals surface area contributed by atoms with Crippen molar-refractivity contribution in [1.82, 2.24) is 9.80 Å². The van der Waals surface area contributed by atoms with Crippen LogP contribution in [0, 0.1) is 11.6 Å². The van der Waals surface area contributed by atoms with Crippen molar-refractivity contribution in [3.8, 4) is 0 Å². The Morgan fingerprint density at radius 3 is 2.32 bits per heavy atom. The number of carbonyl (C=O) groups is 1. The zero-order valence-corrected chi connectivity index (χ0v) is 19.3. The lowest BCUT2D eigenvalue weighted by atomic mass is 10.1. The van der Waals surface area contributed by atoms with Gasteiger partial charge in [0.25, 0.3) is 15.9 Å². The van der Waals surface area contributed by atoms with Crippen LogP contribution in [0.25, 0.3) is 0 Å². The van der Waals surface area contributed by atoms with Crippen LogP contribution in [0.5, 0.6) is 0 Å². The summed E-state index contributed by atoms with van der Waals surface area (Å²) in [7, 11) is -4.00. The summed E-state index contributed by atoms with van der Waals surface area (Å²) in [5.74, 6) is -1.08. The van der Waals surface area contributed by atoms with Gasteiger partial charge in [0, 0.05) is 38.3 Å². The van der Waals surface area contributed by atoms with Gasteiger partial charge in [-0.25, -0.2) is 17.2 Å². The summed E-state index contributed by atoms with van der Waals surface area (Å²) in [6.45, 7) is 2.70. The van der Waals surface area contributed by atoms with Crippen LogP contribution in [0.4, 0.5) is 14.5 Å². The first-order chi connectivity index (χ1) is 16.3. The predicted octanol–water partition coefficient (Wildman–Crippen LogP) is 4.11. The third kappa shape index (κ3) is 5.60. The van der Waals surface area contributed by atoms with Gasteiger partial charge in [-0.3, -0.25) is 14.4 Å². The lowest BCUT2D eigenvalue weighted by Crippen LogP contribution is -2.35. The van der Waals surface area contributed by atoms with Crippen LogP contribution in [-0.2, 0) is 16.6 Å². The maximum atomic E-state index is 14.0. The Bertz CT molecular complexity index is 1270. The number of hydrogen-bond acceptors (Lipinski definition) is 4. The van der Waals surface area contributed by atoms with Crippen molar-refractivity contribution in [2.75, 3.05) is 30.9 Å². The van der Waals surface area contributed by atoms with Crippen LogP contribution < -0.4 is 4.72 Å². The molecule has 1 heterocycles. The Morgan fingerprint density at radius 1 is 0.853 bits per heavy atom. The number of hydrogen-bond donors (Lipinski definition) is 1. The highest BCUT2D eigenvalue weighted by atomic mass is 32.2. The molecule has 0 spiro atoms. The van der Waals surface area contributed by atoms with E-state index in [1.165, 1.54) is 24.3 Å². The number of halogens is 2. The van der Waals surface area contributed by atoms with Crippen LogP contribution in [0.15, 0.2) is 77.7 Å². The molecule has 1 N–H and O–H groups in total. The molecule has 0 unspecified atom stereocenters. The Labute approximate surface area is 197 Å². The molecule has 1 saturated heterocycles. The van der Waals surface area contributed by atoms with Crippen molar-refractivity contribution in [2.24, 2.45) is 0 Å². The Hall–Kier alpha value is -3.30. The zero-order valence-electron chi connectivity index (χ0n) is 18.5. The van der Waals surface area contributed by atoms with Crippen molar-refractivity contribution < 1.29 is 22.0 Å². The van der Waals surface area contributed by atoms with Crippen LogP contribution >= 0.6 is 0 Å². The van der Waals surface area contributed by atoms with Crippen molar-refractivity contribution in [1.29, 1.82) is 0 Å². The van der Waals surface area contributed by atoms with Gasteiger partial charge in [0.15, 0.2) is 0 Å². The summed E-state index contributed by atoms with van der Waals surface area (Å²) in [6.07, 6.45) is 0.712. The van der Waals surface area contributed by atoms with Gasteiger partial charge in [0.2, 0.25) is 0 Å². The van der Waals surface area contributed by atoms with Gasteiger partial charge in [-0.2, -0.15) is 0 Å². The molecule has 0 radical (unpaired) electrons. The molecule has 0 atom stereocenters. The van der Waals surface area contributed by atoms with Gasteiger partial charge in [0.1, 0.15) is 11.6 Å². The van der Waals surface area contributed by atoms with E-state index in [1.54, 1.807) is 41.3 Å². The van der Waals surface area contributed by atoms with E-state index in [4.69, 9.17) is 0 Å². The highest BCUT2D eigenvalue weighted by molar-refractivity contribution is 7.92. The molecule has 0 aromatic heterocycles. The SMILES string of the molecule is O=C(c1ccccc1NS(=O)(=O)c1ccc(F)cc1)N1CCCN(Cc2ccccc2F)CC1. The fraction of sp³-hybridized carbons (Fsp3) is 0.240. The second-order valence-corrected chi connectivity index (χ2v) is 9.80. The first-order valence-electron chi connectivity index (χ1n) is 11.0. The molecule has 3 aromatic rings. The van der Waals surface area contributed by atoms with Crippen LogP contribution in [-0.4, -0.2) is 50.3 Å². The van der Waals surface area contributed by atoms with E-state index in [1.807, 2.05) is 0 Å². The van der Waals surface area contributed by atoms with Crippen LogP contribution in [0.3, 0.4) is 0 Å². The molecule has 0 aliphatic carbocycles. The number of benzene rings is 3. The summed E-state index contributed by atoms with van der Waals surface area (Å²) in [5.41, 5.74) is 1.00. The monoisotopic (exact) mass is 485 g/mol. The topological polar surface area (TPSA) is 69.7 Å². The van der Waals surface area contributed by atoms with E-state index in [0.717, 1.165) is 18.7 Å². The third-order valence-electron chi connectivity index (χ3n) is 5.75. The van der Waals surface area contributed by atoms with E-state index in [0.29, 0.717) is 38.2 Å². The molecule has 1 aliphatic heterocycles. The minimum atomic E-state index is -4.00. The highest BCUT2D eigenvalue weighted by Gasteiger charge is 2.24. The summed E-state index contributed by atoms with van der Waals surface area (Å²) in [5, 5.41) is 0. The highest BCUT2D eigenvalue weighted by Crippen LogP contribution is 2.23. The Kier molecular flexibility index (Phi) is 7.23. The maximum absolute atomic E-state index is 14.0. The number of amides is 1. The van der Waals surface area contributed by atoms with Gasteiger partial charge in [0.05, 0.1) is 16.1 Å². The fourth-order valence-corrected chi connectivity index (χ4v) is 5.03. The number of nitrogens with one attached hydrogen (secondary N) is 1. The van der Waals surface area contributed by atoms with E-state index >= 15 is 0 Å². The number of anilines is 1. The normalized spacial score (nSPS) is 15.1. The molecule has 0 bridgehead atoms. The molecule has 9 heteroatoms.